The van der Waals surface area contributed by atoms with Gasteiger partial charge >= 0.3 is 0 Å². The normalized spacial score (nSPS) is 20.5. The molecule has 3 rings (SSSR count). The first-order valence-electron chi connectivity index (χ1n) is 8.57. The number of aromatic nitrogens is 2. The van der Waals surface area contributed by atoms with Gasteiger partial charge in [0.25, 0.3) is 0 Å². The van der Waals surface area contributed by atoms with Crippen molar-refractivity contribution in [3.05, 3.63) is 42.3 Å². The Morgan fingerprint density at radius 1 is 1.20 bits per heavy atom. The molecule has 132 valence electrons. The lowest BCUT2D eigenvalue weighted by Crippen LogP contribution is -2.48. The maximum absolute atomic E-state index is 13.1. The minimum Gasteiger partial charge on any atom is -0.337 e. The van der Waals surface area contributed by atoms with Gasteiger partial charge in [0.1, 0.15) is 5.82 Å². The van der Waals surface area contributed by atoms with Crippen molar-refractivity contribution in [3.63, 3.8) is 0 Å². The van der Waals surface area contributed by atoms with Crippen LogP contribution >= 0.6 is 11.8 Å². The van der Waals surface area contributed by atoms with E-state index in [0.717, 1.165) is 24.1 Å². The average Bonchev–Trinajstić information content (AvgIpc) is 2.61. The SMILES string of the molecule is C[C@@H]1CCC[C@@H](C)N1C(=O)CSc1nccc(-c2ccc(F)cc2)n1. The molecule has 0 saturated carbocycles. The van der Waals surface area contributed by atoms with Crippen molar-refractivity contribution in [1.29, 1.82) is 0 Å². The van der Waals surface area contributed by atoms with Crippen LogP contribution in [0.2, 0.25) is 0 Å². The predicted molar refractivity (Wildman–Crippen MR) is 97.8 cm³/mol. The number of halogens is 1. The van der Waals surface area contributed by atoms with Gasteiger partial charge < -0.3 is 4.90 Å². The molecule has 25 heavy (non-hydrogen) atoms. The Morgan fingerprint density at radius 2 is 1.88 bits per heavy atom. The van der Waals surface area contributed by atoms with Gasteiger partial charge in [-0.15, -0.1) is 0 Å². The molecule has 2 heterocycles. The van der Waals surface area contributed by atoms with Crippen molar-refractivity contribution >= 4 is 17.7 Å². The number of carbonyl (C=O) groups is 1. The molecule has 1 aliphatic rings. The summed E-state index contributed by atoms with van der Waals surface area (Å²) in [6.07, 6.45) is 4.99. The highest BCUT2D eigenvalue weighted by Crippen LogP contribution is 2.25. The molecule has 2 atom stereocenters. The van der Waals surface area contributed by atoms with Crippen molar-refractivity contribution < 1.29 is 9.18 Å². The lowest BCUT2D eigenvalue weighted by atomic mass is 9.98. The highest BCUT2D eigenvalue weighted by molar-refractivity contribution is 7.99. The number of benzene rings is 1. The summed E-state index contributed by atoms with van der Waals surface area (Å²) in [6.45, 7) is 4.23. The van der Waals surface area contributed by atoms with E-state index in [1.807, 2.05) is 4.90 Å². The van der Waals surface area contributed by atoms with E-state index in [-0.39, 0.29) is 11.7 Å². The fourth-order valence-corrected chi connectivity index (χ4v) is 4.01. The van der Waals surface area contributed by atoms with Crippen molar-refractivity contribution in [3.8, 4) is 11.3 Å². The minimum absolute atomic E-state index is 0.139. The van der Waals surface area contributed by atoms with Crippen LogP contribution in [0.5, 0.6) is 0 Å². The van der Waals surface area contributed by atoms with E-state index in [9.17, 15) is 9.18 Å². The standard InChI is InChI=1S/C19H22FN3OS/c1-13-4-3-5-14(2)23(13)18(24)12-25-19-21-11-10-17(22-19)15-6-8-16(20)9-7-15/h6-11,13-14H,3-5,12H2,1-2H3/t13-,14-/m1/s1. The number of thioether (sulfide) groups is 1. The van der Waals surface area contributed by atoms with Gasteiger partial charge in [0.15, 0.2) is 5.16 Å². The molecule has 6 heteroatoms. The van der Waals surface area contributed by atoms with Gasteiger partial charge in [-0.3, -0.25) is 4.79 Å². The van der Waals surface area contributed by atoms with E-state index in [2.05, 4.69) is 23.8 Å². The first kappa shape index (κ1) is 17.9. The molecule has 0 bridgehead atoms. The molecule has 0 aliphatic carbocycles. The number of piperidine rings is 1. The Balaban J connectivity index is 1.66. The van der Waals surface area contributed by atoms with Crippen molar-refractivity contribution in [1.82, 2.24) is 14.9 Å². The summed E-state index contributed by atoms with van der Waals surface area (Å²) in [7, 11) is 0. The summed E-state index contributed by atoms with van der Waals surface area (Å²) >= 11 is 1.35. The molecule has 0 spiro atoms. The maximum atomic E-state index is 13.1. The van der Waals surface area contributed by atoms with Crippen molar-refractivity contribution in [2.24, 2.45) is 0 Å². The zero-order valence-corrected chi connectivity index (χ0v) is 15.3. The number of amides is 1. The molecule has 1 saturated heterocycles. The molecule has 1 aliphatic heterocycles. The van der Waals surface area contributed by atoms with Crippen LogP contribution in [0, 0.1) is 5.82 Å². The minimum atomic E-state index is -0.275. The number of hydrogen-bond donors (Lipinski definition) is 0. The molecule has 1 aromatic heterocycles. The highest BCUT2D eigenvalue weighted by atomic mass is 32.2. The van der Waals surface area contributed by atoms with Crippen LogP contribution in [0.25, 0.3) is 11.3 Å². The summed E-state index contributed by atoms with van der Waals surface area (Å²) in [4.78, 5) is 23.3. The first-order valence-corrected chi connectivity index (χ1v) is 9.56. The summed E-state index contributed by atoms with van der Waals surface area (Å²) in [5, 5.41) is 0.562. The number of likely N-dealkylation sites (tertiary alicyclic amines) is 1. The summed E-state index contributed by atoms with van der Waals surface area (Å²) in [5.74, 6) is 0.199. The van der Waals surface area contributed by atoms with E-state index in [1.54, 1.807) is 24.4 Å². The van der Waals surface area contributed by atoms with Crippen LogP contribution in [0.4, 0.5) is 4.39 Å². The van der Waals surface area contributed by atoms with Crippen LogP contribution in [0.15, 0.2) is 41.7 Å². The second kappa shape index (κ2) is 7.95. The summed E-state index contributed by atoms with van der Waals surface area (Å²) < 4.78 is 13.1. The monoisotopic (exact) mass is 359 g/mol. The number of hydrogen-bond acceptors (Lipinski definition) is 4. The first-order chi connectivity index (χ1) is 12.0. The van der Waals surface area contributed by atoms with E-state index in [4.69, 9.17) is 0 Å². The molecule has 2 aromatic rings. The van der Waals surface area contributed by atoms with Gasteiger partial charge in [-0.2, -0.15) is 0 Å². The molecule has 1 fully saturated rings. The smallest absolute Gasteiger partial charge is 0.233 e. The fraction of sp³-hybridized carbons (Fsp3) is 0.421. The third-order valence-corrected chi connectivity index (χ3v) is 5.43. The van der Waals surface area contributed by atoms with E-state index in [1.165, 1.54) is 30.3 Å². The lowest BCUT2D eigenvalue weighted by Gasteiger charge is -2.39. The number of carbonyl (C=O) groups excluding carboxylic acids is 1. The second-order valence-corrected chi connectivity index (χ2v) is 7.39. The Bertz CT molecular complexity index is 728. The Kier molecular flexibility index (Phi) is 5.68. The molecule has 4 nitrogen and oxygen atoms in total. The third kappa shape index (κ3) is 4.37. The predicted octanol–water partition coefficient (Wildman–Crippen LogP) is 4.16. The van der Waals surface area contributed by atoms with E-state index < -0.39 is 0 Å². The number of nitrogens with zero attached hydrogens (tertiary/aromatic N) is 3. The molecule has 1 amide bonds. The zero-order valence-electron chi connectivity index (χ0n) is 14.5. The molecular formula is C19H22FN3OS. The van der Waals surface area contributed by atoms with Gasteiger partial charge in [0.2, 0.25) is 5.91 Å². The van der Waals surface area contributed by atoms with E-state index in [0.29, 0.717) is 23.0 Å². The second-order valence-electron chi connectivity index (χ2n) is 6.45. The van der Waals surface area contributed by atoms with Gasteiger partial charge in [-0.05, 0) is 63.4 Å². The van der Waals surface area contributed by atoms with Crippen molar-refractivity contribution in [2.75, 3.05) is 5.75 Å². The zero-order chi connectivity index (χ0) is 17.8. The molecule has 0 radical (unpaired) electrons. The topological polar surface area (TPSA) is 46.1 Å². The van der Waals surface area contributed by atoms with Crippen molar-refractivity contribution in [2.45, 2.75) is 50.4 Å². The highest BCUT2D eigenvalue weighted by Gasteiger charge is 2.28. The van der Waals surface area contributed by atoms with Gasteiger partial charge in [-0.1, -0.05) is 11.8 Å². The van der Waals surface area contributed by atoms with Crippen LogP contribution in [-0.2, 0) is 4.79 Å². The van der Waals surface area contributed by atoms with Crippen LogP contribution < -0.4 is 0 Å². The average molecular weight is 359 g/mol. The van der Waals surface area contributed by atoms with Crippen LogP contribution in [0.1, 0.15) is 33.1 Å². The Hall–Kier alpha value is -1.95. The Morgan fingerprint density at radius 3 is 2.56 bits per heavy atom. The largest absolute Gasteiger partial charge is 0.337 e. The van der Waals surface area contributed by atoms with Crippen LogP contribution in [0.3, 0.4) is 0 Å². The van der Waals surface area contributed by atoms with Gasteiger partial charge in [0, 0.05) is 23.8 Å². The summed E-state index contributed by atoms with van der Waals surface area (Å²) in [5.41, 5.74) is 1.56. The molecule has 0 unspecified atom stereocenters. The van der Waals surface area contributed by atoms with Gasteiger partial charge in [0.05, 0.1) is 11.4 Å². The van der Waals surface area contributed by atoms with Crippen LogP contribution in [-0.4, -0.2) is 38.6 Å². The molecular weight excluding hydrogens is 337 g/mol. The lowest BCUT2D eigenvalue weighted by molar-refractivity contribution is -0.134. The van der Waals surface area contributed by atoms with E-state index >= 15 is 0 Å². The quantitative estimate of drug-likeness (QED) is 0.607. The fourth-order valence-electron chi connectivity index (χ4n) is 3.31. The molecule has 1 aromatic carbocycles. The number of rotatable bonds is 4. The summed E-state index contributed by atoms with van der Waals surface area (Å²) in [6, 6.07) is 8.57. The molecule has 0 N–H and O–H groups in total. The maximum Gasteiger partial charge on any atom is 0.233 e. The Labute approximate surface area is 151 Å². The van der Waals surface area contributed by atoms with Gasteiger partial charge in [-0.25, -0.2) is 14.4 Å². The third-order valence-electron chi connectivity index (χ3n) is 4.58.